The average Bonchev–Trinajstić information content (AvgIpc) is 3.61. The summed E-state index contributed by atoms with van der Waals surface area (Å²) in [6, 6.07) is 10.4. The number of piperazine rings is 1. The van der Waals surface area contributed by atoms with Crippen molar-refractivity contribution in [2.75, 3.05) is 62.7 Å². The van der Waals surface area contributed by atoms with E-state index in [9.17, 15) is 19.6 Å². The molecule has 0 unspecified atom stereocenters. The van der Waals surface area contributed by atoms with Gasteiger partial charge in [-0.2, -0.15) is 19.7 Å². The van der Waals surface area contributed by atoms with Gasteiger partial charge in [-0.25, -0.2) is 8.91 Å². The number of carbonyl (C=O) groups is 1. The van der Waals surface area contributed by atoms with Gasteiger partial charge in [0.25, 0.3) is 0 Å². The van der Waals surface area contributed by atoms with E-state index < -0.39 is 5.82 Å². The Hall–Kier alpha value is -4.12. The van der Waals surface area contributed by atoms with Gasteiger partial charge < -0.3 is 19.8 Å². The Morgan fingerprint density at radius 2 is 1.98 bits per heavy atom. The topological polar surface area (TPSA) is 117 Å². The monoisotopic (exact) mass is 589 g/mol. The van der Waals surface area contributed by atoms with Crippen LogP contribution in [0.1, 0.15) is 23.9 Å². The van der Waals surface area contributed by atoms with Crippen molar-refractivity contribution in [3.05, 3.63) is 53.1 Å². The van der Waals surface area contributed by atoms with Gasteiger partial charge in [0, 0.05) is 74.8 Å². The first kappa shape index (κ1) is 28.0. The highest BCUT2D eigenvalue weighted by Gasteiger charge is 2.30. The van der Waals surface area contributed by atoms with Crippen molar-refractivity contribution in [3.63, 3.8) is 0 Å². The van der Waals surface area contributed by atoms with Crippen LogP contribution in [0.4, 0.5) is 20.9 Å². The van der Waals surface area contributed by atoms with E-state index in [2.05, 4.69) is 33.2 Å². The normalized spacial score (nSPS) is 16.1. The number of halogens is 1. The number of hydrogen-bond acceptors (Lipinski definition) is 10. The van der Waals surface area contributed by atoms with Crippen LogP contribution in [0, 0.1) is 24.1 Å². The second-order valence-electron chi connectivity index (χ2n) is 10.8. The van der Waals surface area contributed by atoms with Crippen molar-refractivity contribution >= 4 is 39.5 Å². The highest BCUT2D eigenvalue weighted by atomic mass is 32.1. The van der Waals surface area contributed by atoms with Gasteiger partial charge in [0.1, 0.15) is 5.82 Å². The van der Waals surface area contributed by atoms with Crippen LogP contribution in [0.25, 0.3) is 16.9 Å². The third-order valence-electron chi connectivity index (χ3n) is 7.97. The summed E-state index contributed by atoms with van der Waals surface area (Å²) < 4.78 is 20.1. The number of β-amino-alcohol motifs (C(OH)–C–C–N with tert-alkyl or cyclic N) is 1. The number of benzene rings is 1. The smallest absolute Gasteiger partial charge is 0.236 e. The van der Waals surface area contributed by atoms with Crippen LogP contribution >= 0.6 is 11.5 Å². The van der Waals surface area contributed by atoms with Crippen molar-refractivity contribution in [2.45, 2.75) is 26.4 Å². The lowest BCUT2D eigenvalue weighted by atomic mass is 10.1. The number of rotatable bonds is 7. The van der Waals surface area contributed by atoms with Gasteiger partial charge in [0.2, 0.25) is 11.0 Å². The van der Waals surface area contributed by atoms with E-state index in [1.165, 1.54) is 29.7 Å². The van der Waals surface area contributed by atoms with Crippen molar-refractivity contribution < 1.29 is 14.3 Å². The Labute approximate surface area is 247 Å². The van der Waals surface area contributed by atoms with Crippen LogP contribution in [0.5, 0.6) is 0 Å². The summed E-state index contributed by atoms with van der Waals surface area (Å²) in [5, 5.41) is 24.5. The zero-order chi connectivity index (χ0) is 29.5. The molecule has 2 fully saturated rings. The van der Waals surface area contributed by atoms with E-state index in [1.807, 2.05) is 29.5 Å². The summed E-state index contributed by atoms with van der Waals surface area (Å²) in [6.45, 7) is 8.52. The maximum atomic E-state index is 13.7. The average molecular weight is 590 g/mol. The highest BCUT2D eigenvalue weighted by molar-refractivity contribution is 7.10. The van der Waals surface area contributed by atoms with E-state index in [4.69, 9.17) is 10.1 Å². The van der Waals surface area contributed by atoms with Gasteiger partial charge in [0.15, 0.2) is 5.82 Å². The number of pyridine rings is 1. The maximum absolute atomic E-state index is 13.7. The number of nitriles is 1. The van der Waals surface area contributed by atoms with Gasteiger partial charge in [-0.15, -0.1) is 0 Å². The lowest BCUT2D eigenvalue weighted by Gasteiger charge is -2.39. The highest BCUT2D eigenvalue weighted by Crippen LogP contribution is 2.36. The van der Waals surface area contributed by atoms with Crippen LogP contribution < -0.4 is 9.80 Å². The molecule has 0 atom stereocenters. The number of aliphatic hydroxyl groups is 1. The van der Waals surface area contributed by atoms with Crippen LogP contribution in [0.3, 0.4) is 0 Å². The fourth-order valence-corrected chi connectivity index (χ4v) is 6.23. The summed E-state index contributed by atoms with van der Waals surface area (Å²) in [4.78, 5) is 25.4. The van der Waals surface area contributed by atoms with E-state index in [0.29, 0.717) is 36.2 Å². The first-order valence-electron chi connectivity index (χ1n) is 14.0. The van der Waals surface area contributed by atoms with Gasteiger partial charge >= 0.3 is 0 Å². The van der Waals surface area contributed by atoms with Gasteiger partial charge in [0.05, 0.1) is 41.2 Å². The molecule has 6 rings (SSSR count). The Balaban J connectivity index is 1.25. The predicted octanol–water partition coefficient (Wildman–Crippen LogP) is 2.83. The fourth-order valence-electron chi connectivity index (χ4n) is 5.59. The number of aromatic nitrogens is 4. The third kappa shape index (κ3) is 5.17. The van der Waals surface area contributed by atoms with Crippen molar-refractivity contribution in [1.82, 2.24) is 28.8 Å². The van der Waals surface area contributed by atoms with E-state index in [-0.39, 0.29) is 17.6 Å². The summed E-state index contributed by atoms with van der Waals surface area (Å²) in [5.74, 6) is -0.0186. The Kier molecular flexibility index (Phi) is 7.53. The number of aryl methyl sites for hydroxylation is 2. The van der Waals surface area contributed by atoms with Gasteiger partial charge in [-0.05, 0) is 43.7 Å². The lowest BCUT2D eigenvalue weighted by molar-refractivity contribution is -0.142. The second kappa shape index (κ2) is 11.3. The molecule has 13 heteroatoms. The van der Waals surface area contributed by atoms with E-state index in [0.717, 1.165) is 60.9 Å². The first-order chi connectivity index (χ1) is 20.2. The number of likely N-dealkylation sites (tertiary alicyclic amines) is 1. The molecular weight excluding hydrogens is 557 g/mol. The van der Waals surface area contributed by atoms with Crippen molar-refractivity contribution in [1.29, 1.82) is 5.26 Å². The maximum Gasteiger partial charge on any atom is 0.236 e. The number of aliphatic hydroxyl groups excluding tert-OH is 1. The van der Waals surface area contributed by atoms with Crippen LogP contribution in [0.2, 0.25) is 0 Å². The molecule has 0 radical (unpaired) electrons. The number of nitrogens with zero attached hydrogens (tertiary/aromatic N) is 9. The number of fused-ring (bicyclic) bond motifs is 1. The summed E-state index contributed by atoms with van der Waals surface area (Å²) >= 11 is 1.21. The zero-order valence-electron chi connectivity index (χ0n) is 23.8. The first-order valence-corrected chi connectivity index (χ1v) is 14.8. The number of carbonyl (C=O) groups excluding carboxylic acids is 1. The standard InChI is InChI=1S/C29H32FN9O2S/c1-4-24-27(35(3)29-32-28(34-42-29)23-6-5-20(30)12-19(23)14-31)25-13-21(11-18(2)39(25)33-24)37-9-7-36(8-10-37)17-26(41)38-15-22(40)16-38/h5-6,11-13,22,40H,4,7-10,15-17H2,1-3H3. The molecule has 11 nitrogen and oxygen atoms in total. The molecule has 2 aliphatic heterocycles. The molecule has 0 saturated carbocycles. The Morgan fingerprint density at radius 3 is 2.67 bits per heavy atom. The summed E-state index contributed by atoms with van der Waals surface area (Å²) in [6.07, 6.45) is 0.337. The molecule has 42 heavy (non-hydrogen) atoms. The summed E-state index contributed by atoms with van der Waals surface area (Å²) in [7, 11) is 1.94. The largest absolute Gasteiger partial charge is 0.389 e. The molecule has 1 amide bonds. The van der Waals surface area contributed by atoms with Crippen LogP contribution in [-0.4, -0.2) is 98.8 Å². The molecule has 4 aromatic rings. The van der Waals surface area contributed by atoms with E-state index >= 15 is 0 Å². The predicted molar refractivity (Wildman–Crippen MR) is 159 cm³/mol. The Bertz CT molecular complexity index is 1680. The minimum absolute atomic E-state index is 0.0770. The van der Waals surface area contributed by atoms with Gasteiger partial charge in [-0.3, -0.25) is 9.69 Å². The lowest BCUT2D eigenvalue weighted by Crippen LogP contribution is -2.57. The molecule has 2 saturated heterocycles. The zero-order valence-corrected chi connectivity index (χ0v) is 24.6. The molecule has 218 valence electrons. The minimum Gasteiger partial charge on any atom is -0.389 e. The molecule has 0 bridgehead atoms. The number of hydrogen-bond donors (Lipinski definition) is 1. The van der Waals surface area contributed by atoms with E-state index in [1.54, 1.807) is 4.90 Å². The fraction of sp³-hybridized carbons (Fsp3) is 0.414. The Morgan fingerprint density at radius 1 is 1.21 bits per heavy atom. The molecule has 3 aromatic heterocycles. The SMILES string of the molecule is CCc1nn2c(C)cc(N3CCN(CC(=O)N4CC(O)C4)CC3)cc2c1N(C)c1nc(-c2ccc(F)cc2C#N)ns1. The molecule has 5 heterocycles. The minimum atomic E-state index is -0.477. The van der Waals surface area contributed by atoms with Crippen molar-refractivity contribution in [3.8, 4) is 17.5 Å². The van der Waals surface area contributed by atoms with Crippen LogP contribution in [-0.2, 0) is 11.2 Å². The second-order valence-corrected chi connectivity index (χ2v) is 11.5. The van der Waals surface area contributed by atoms with Crippen LogP contribution in [0.15, 0.2) is 30.3 Å². The molecular formula is C29H32FN9O2S. The number of amides is 1. The summed E-state index contributed by atoms with van der Waals surface area (Å²) in [5.41, 5.74) is 5.60. The molecule has 0 aliphatic carbocycles. The third-order valence-corrected chi connectivity index (χ3v) is 8.76. The quantitative estimate of drug-likeness (QED) is 0.347. The number of anilines is 3. The molecule has 1 N–H and O–H groups in total. The van der Waals surface area contributed by atoms with Gasteiger partial charge in [-0.1, -0.05) is 6.92 Å². The molecule has 0 spiro atoms. The molecule has 1 aromatic carbocycles. The van der Waals surface area contributed by atoms with Crippen molar-refractivity contribution in [2.24, 2.45) is 0 Å². The molecule has 2 aliphatic rings.